The number of rotatable bonds is 5. The second-order valence-electron chi connectivity index (χ2n) is 7.63. The van der Waals surface area contributed by atoms with E-state index in [4.69, 9.17) is 17.3 Å². The molecular formula is C22H22ClN5O3S. The molecule has 0 aliphatic carbocycles. The number of nitrogens with zero attached hydrogens (tertiary/aromatic N) is 2. The Hall–Kier alpha value is -3.14. The van der Waals surface area contributed by atoms with Gasteiger partial charge in [0.25, 0.3) is 11.5 Å². The Morgan fingerprint density at radius 1 is 1.19 bits per heavy atom. The molecule has 166 valence electrons. The van der Waals surface area contributed by atoms with E-state index in [-0.39, 0.29) is 23.4 Å². The van der Waals surface area contributed by atoms with Crippen molar-refractivity contribution in [3.05, 3.63) is 74.3 Å². The maximum atomic E-state index is 12.9. The molecule has 3 heterocycles. The number of pyridine rings is 1. The van der Waals surface area contributed by atoms with Gasteiger partial charge in [0.1, 0.15) is 0 Å². The first-order valence-corrected chi connectivity index (χ1v) is 11.2. The van der Waals surface area contributed by atoms with Crippen LogP contribution >= 0.6 is 22.9 Å². The summed E-state index contributed by atoms with van der Waals surface area (Å²) in [5.74, 6) is -0.405. The molecule has 1 aliphatic rings. The van der Waals surface area contributed by atoms with Gasteiger partial charge in [0.2, 0.25) is 5.91 Å². The Morgan fingerprint density at radius 2 is 2.00 bits per heavy atom. The van der Waals surface area contributed by atoms with E-state index in [1.54, 1.807) is 48.7 Å². The molecule has 2 atom stereocenters. The quantitative estimate of drug-likeness (QED) is 0.495. The van der Waals surface area contributed by atoms with E-state index in [0.717, 1.165) is 0 Å². The van der Waals surface area contributed by atoms with E-state index < -0.39 is 6.04 Å². The molecule has 0 spiro atoms. The fraction of sp³-hybridized carbons (Fsp3) is 0.227. The SMILES string of the molecule is CN1C[C@@H](NC(=O)c2ccc(Cl)s2)C[C@H]1C(=O)Nc1ccc(-n2ccccc2=O)cc1N. The van der Waals surface area contributed by atoms with Crippen LogP contribution < -0.4 is 21.9 Å². The van der Waals surface area contributed by atoms with E-state index in [9.17, 15) is 14.4 Å². The van der Waals surface area contributed by atoms with Gasteiger partial charge in [-0.15, -0.1) is 11.3 Å². The summed E-state index contributed by atoms with van der Waals surface area (Å²) in [6, 6.07) is 12.7. The van der Waals surface area contributed by atoms with Crippen LogP contribution in [-0.2, 0) is 4.79 Å². The highest BCUT2D eigenvalue weighted by Crippen LogP contribution is 2.25. The summed E-state index contributed by atoms with van der Waals surface area (Å²) in [6.07, 6.45) is 2.13. The maximum Gasteiger partial charge on any atom is 0.261 e. The first-order valence-electron chi connectivity index (χ1n) is 9.96. The molecule has 0 saturated carbocycles. The van der Waals surface area contributed by atoms with Crippen LogP contribution in [-0.4, -0.2) is 47.0 Å². The summed E-state index contributed by atoms with van der Waals surface area (Å²) < 4.78 is 2.03. The van der Waals surface area contributed by atoms with Crippen molar-refractivity contribution in [3.63, 3.8) is 0 Å². The molecule has 1 saturated heterocycles. The Morgan fingerprint density at radius 3 is 2.69 bits per heavy atom. The van der Waals surface area contributed by atoms with Crippen LogP contribution in [0.15, 0.2) is 59.5 Å². The van der Waals surface area contributed by atoms with Crippen molar-refractivity contribution < 1.29 is 9.59 Å². The number of nitrogens with one attached hydrogen (secondary N) is 2. The largest absolute Gasteiger partial charge is 0.397 e. The van der Waals surface area contributed by atoms with Crippen molar-refractivity contribution in [2.24, 2.45) is 0 Å². The van der Waals surface area contributed by atoms with Gasteiger partial charge in [0.15, 0.2) is 0 Å². The Bertz CT molecular complexity index is 1220. The van der Waals surface area contributed by atoms with Gasteiger partial charge in [-0.1, -0.05) is 17.7 Å². The molecule has 1 aromatic carbocycles. The number of hydrogen-bond donors (Lipinski definition) is 3. The lowest BCUT2D eigenvalue weighted by molar-refractivity contribution is -0.119. The number of likely N-dealkylation sites (N-methyl/N-ethyl adjacent to an activating group) is 1. The fourth-order valence-electron chi connectivity index (χ4n) is 3.77. The zero-order valence-corrected chi connectivity index (χ0v) is 18.8. The number of likely N-dealkylation sites (tertiary alicyclic amines) is 1. The minimum Gasteiger partial charge on any atom is -0.397 e. The van der Waals surface area contributed by atoms with Gasteiger partial charge in [-0.3, -0.25) is 23.9 Å². The highest BCUT2D eigenvalue weighted by atomic mass is 35.5. The molecule has 4 N–H and O–H groups in total. The lowest BCUT2D eigenvalue weighted by atomic mass is 10.1. The van der Waals surface area contributed by atoms with Crippen molar-refractivity contribution >= 4 is 46.1 Å². The van der Waals surface area contributed by atoms with E-state index in [1.165, 1.54) is 22.0 Å². The molecule has 1 aliphatic heterocycles. The number of aromatic nitrogens is 1. The summed E-state index contributed by atoms with van der Waals surface area (Å²) >= 11 is 7.12. The van der Waals surface area contributed by atoms with Gasteiger partial charge in [-0.25, -0.2) is 0 Å². The minimum atomic E-state index is -0.414. The summed E-state index contributed by atoms with van der Waals surface area (Å²) in [4.78, 5) is 39.7. The van der Waals surface area contributed by atoms with Crippen molar-refractivity contribution in [1.82, 2.24) is 14.8 Å². The van der Waals surface area contributed by atoms with Crippen LogP contribution in [0.4, 0.5) is 11.4 Å². The molecule has 0 unspecified atom stereocenters. The first kappa shape index (κ1) is 22.1. The van der Waals surface area contributed by atoms with Crippen LogP contribution in [0, 0.1) is 0 Å². The molecular weight excluding hydrogens is 450 g/mol. The summed E-state index contributed by atoms with van der Waals surface area (Å²) in [5.41, 5.74) is 7.40. The summed E-state index contributed by atoms with van der Waals surface area (Å²) in [5, 5.41) is 5.83. The number of carbonyl (C=O) groups excluding carboxylic acids is 2. The monoisotopic (exact) mass is 471 g/mol. The third-order valence-corrected chi connectivity index (χ3v) is 6.61. The smallest absolute Gasteiger partial charge is 0.261 e. The Labute approximate surface area is 193 Å². The highest BCUT2D eigenvalue weighted by Gasteiger charge is 2.35. The summed E-state index contributed by atoms with van der Waals surface area (Å²) in [6.45, 7) is 0.550. The lowest BCUT2D eigenvalue weighted by Gasteiger charge is -2.19. The average molecular weight is 472 g/mol. The minimum absolute atomic E-state index is 0.159. The van der Waals surface area contributed by atoms with Gasteiger partial charge in [0, 0.05) is 24.8 Å². The van der Waals surface area contributed by atoms with Crippen LogP contribution in [0.2, 0.25) is 4.34 Å². The number of nitrogen functional groups attached to an aromatic ring is 1. The molecule has 0 bridgehead atoms. The third kappa shape index (κ3) is 4.69. The van der Waals surface area contributed by atoms with Crippen LogP contribution in [0.3, 0.4) is 0 Å². The summed E-state index contributed by atoms with van der Waals surface area (Å²) in [7, 11) is 1.84. The van der Waals surface area contributed by atoms with Gasteiger partial charge in [-0.05, 0) is 49.9 Å². The standard InChI is InChI=1S/C22H22ClN5O3S/c1-27-12-13(25-22(31)18-7-8-19(23)32-18)10-17(27)21(30)26-16-6-5-14(11-15(16)24)28-9-3-2-4-20(28)29/h2-9,11,13,17H,10,12,24H2,1H3,(H,25,31)(H,26,30)/t13-,17-/m0/s1. The molecule has 4 rings (SSSR count). The second-order valence-corrected chi connectivity index (χ2v) is 9.35. The predicted octanol–water partition coefficient (Wildman–Crippen LogP) is 2.58. The van der Waals surface area contributed by atoms with Gasteiger partial charge < -0.3 is 16.4 Å². The van der Waals surface area contributed by atoms with E-state index >= 15 is 0 Å². The third-order valence-electron chi connectivity index (χ3n) is 5.38. The topological polar surface area (TPSA) is 109 Å². The van der Waals surface area contributed by atoms with Gasteiger partial charge >= 0.3 is 0 Å². The number of halogens is 1. The molecule has 10 heteroatoms. The molecule has 1 fully saturated rings. The van der Waals surface area contributed by atoms with E-state index in [1.807, 2.05) is 11.9 Å². The predicted molar refractivity (Wildman–Crippen MR) is 127 cm³/mol. The second kappa shape index (κ2) is 9.15. The first-order chi connectivity index (χ1) is 15.3. The number of hydrogen-bond acceptors (Lipinski definition) is 6. The Balaban J connectivity index is 1.41. The van der Waals surface area contributed by atoms with Crippen LogP contribution in [0.5, 0.6) is 0 Å². The van der Waals surface area contributed by atoms with Crippen molar-refractivity contribution in [1.29, 1.82) is 0 Å². The number of benzene rings is 1. The molecule has 0 radical (unpaired) electrons. The molecule has 2 amide bonds. The van der Waals surface area contributed by atoms with Crippen molar-refractivity contribution in [2.45, 2.75) is 18.5 Å². The number of nitrogens with two attached hydrogens (primary N) is 1. The fourth-order valence-corrected chi connectivity index (χ4v) is 4.72. The normalized spacial score (nSPS) is 18.4. The van der Waals surface area contributed by atoms with Gasteiger partial charge in [0.05, 0.1) is 32.3 Å². The van der Waals surface area contributed by atoms with E-state index in [2.05, 4.69) is 10.6 Å². The van der Waals surface area contributed by atoms with E-state index in [0.29, 0.717) is 39.2 Å². The lowest BCUT2D eigenvalue weighted by Crippen LogP contribution is -2.37. The molecule has 32 heavy (non-hydrogen) atoms. The Kier molecular flexibility index (Phi) is 6.31. The number of thiophene rings is 1. The van der Waals surface area contributed by atoms with Crippen molar-refractivity contribution in [2.75, 3.05) is 24.6 Å². The molecule has 3 aromatic rings. The maximum absolute atomic E-state index is 12.9. The van der Waals surface area contributed by atoms with Crippen LogP contribution in [0.25, 0.3) is 5.69 Å². The van der Waals surface area contributed by atoms with Crippen LogP contribution in [0.1, 0.15) is 16.1 Å². The van der Waals surface area contributed by atoms with Gasteiger partial charge in [-0.2, -0.15) is 0 Å². The molecule has 2 aromatic heterocycles. The molecule has 8 nitrogen and oxygen atoms in total. The zero-order valence-electron chi connectivity index (χ0n) is 17.2. The number of carbonyl (C=O) groups is 2. The zero-order chi connectivity index (χ0) is 22.8. The highest BCUT2D eigenvalue weighted by molar-refractivity contribution is 7.18. The number of amides is 2. The number of anilines is 2. The average Bonchev–Trinajstić information content (AvgIpc) is 3.35. The van der Waals surface area contributed by atoms with Crippen molar-refractivity contribution in [3.8, 4) is 5.69 Å².